The molecule has 1 aromatic heterocycles. The number of methoxy groups -OCH3 is 2. The van der Waals surface area contributed by atoms with Gasteiger partial charge in [-0.3, -0.25) is 9.69 Å². The summed E-state index contributed by atoms with van der Waals surface area (Å²) in [6, 6.07) is 9.76. The average Bonchev–Trinajstić information content (AvgIpc) is 3.16. The zero-order valence-corrected chi connectivity index (χ0v) is 17.9. The lowest BCUT2D eigenvalue weighted by Crippen LogP contribution is -2.48. The predicted molar refractivity (Wildman–Crippen MR) is 115 cm³/mol. The van der Waals surface area contributed by atoms with Crippen LogP contribution in [0.2, 0.25) is 0 Å². The Bertz CT molecular complexity index is 859. The summed E-state index contributed by atoms with van der Waals surface area (Å²) < 4.78 is 10.3. The van der Waals surface area contributed by atoms with Crippen molar-refractivity contribution < 1.29 is 19.1 Å². The molecule has 156 valence electrons. The fourth-order valence-corrected chi connectivity index (χ4v) is 4.38. The van der Waals surface area contributed by atoms with E-state index in [1.807, 2.05) is 25.1 Å². The van der Waals surface area contributed by atoms with Crippen LogP contribution < -0.4 is 15.0 Å². The van der Waals surface area contributed by atoms with Crippen molar-refractivity contribution >= 4 is 33.9 Å². The number of rotatable bonds is 7. The van der Waals surface area contributed by atoms with Crippen molar-refractivity contribution in [1.29, 1.82) is 0 Å². The lowest BCUT2D eigenvalue weighted by molar-refractivity contribution is -0.117. The Hall–Kier alpha value is -2.58. The molecule has 0 atom stereocenters. The van der Waals surface area contributed by atoms with E-state index < -0.39 is 5.97 Å². The Morgan fingerprint density at radius 1 is 1.14 bits per heavy atom. The number of hydrogen-bond donors (Lipinski definition) is 1. The standard InChI is InChI=1S/C21H27N3O4S/c1-4-15-13-16(21(26)28-3)20(29-15)22-19(25)14-23-9-11-24(12-10-23)17-7-5-6-8-18(17)27-2/h5-8,13H,4,9-12,14H2,1-3H3,(H,22,25). The molecule has 1 aliphatic heterocycles. The molecular weight excluding hydrogens is 390 g/mol. The number of nitrogens with zero attached hydrogens (tertiary/aromatic N) is 2. The van der Waals surface area contributed by atoms with Crippen molar-refractivity contribution in [1.82, 2.24) is 4.90 Å². The van der Waals surface area contributed by atoms with Crippen molar-refractivity contribution in [3.05, 3.63) is 40.8 Å². The van der Waals surface area contributed by atoms with Crippen molar-refractivity contribution in [2.45, 2.75) is 13.3 Å². The summed E-state index contributed by atoms with van der Waals surface area (Å²) in [5.74, 6) is 0.311. The Balaban J connectivity index is 1.57. The van der Waals surface area contributed by atoms with Crippen molar-refractivity contribution in [2.24, 2.45) is 0 Å². The molecule has 2 heterocycles. The van der Waals surface area contributed by atoms with Gasteiger partial charge in [0.25, 0.3) is 0 Å². The van der Waals surface area contributed by atoms with Crippen LogP contribution >= 0.6 is 11.3 Å². The molecule has 0 unspecified atom stereocenters. The molecular formula is C21H27N3O4S. The molecule has 7 nitrogen and oxygen atoms in total. The first-order chi connectivity index (χ1) is 14.0. The van der Waals surface area contributed by atoms with E-state index >= 15 is 0 Å². The third-order valence-corrected chi connectivity index (χ3v) is 6.15. The number of thiophene rings is 1. The molecule has 29 heavy (non-hydrogen) atoms. The van der Waals surface area contributed by atoms with Crippen LogP contribution in [-0.2, 0) is 16.0 Å². The van der Waals surface area contributed by atoms with Crippen molar-refractivity contribution in [3.8, 4) is 5.75 Å². The highest BCUT2D eigenvalue weighted by atomic mass is 32.1. The second-order valence-corrected chi connectivity index (χ2v) is 7.92. The van der Waals surface area contributed by atoms with E-state index in [-0.39, 0.29) is 5.91 Å². The first kappa shape index (κ1) is 21.1. The minimum absolute atomic E-state index is 0.120. The number of amides is 1. The highest BCUT2D eigenvalue weighted by Crippen LogP contribution is 2.30. The Kier molecular flexibility index (Phi) is 7.11. The van der Waals surface area contributed by atoms with Gasteiger partial charge in [-0.2, -0.15) is 0 Å². The summed E-state index contributed by atoms with van der Waals surface area (Å²) in [6.45, 7) is 5.50. The number of ether oxygens (including phenoxy) is 2. The van der Waals surface area contributed by atoms with E-state index in [0.29, 0.717) is 17.1 Å². The maximum atomic E-state index is 12.6. The fourth-order valence-electron chi connectivity index (χ4n) is 3.38. The van der Waals surface area contributed by atoms with Crippen molar-refractivity contribution in [2.75, 3.05) is 57.2 Å². The predicted octanol–water partition coefficient (Wildman–Crippen LogP) is 2.87. The summed E-state index contributed by atoms with van der Waals surface area (Å²) in [5, 5.41) is 3.45. The summed E-state index contributed by atoms with van der Waals surface area (Å²) in [6.07, 6.45) is 0.801. The normalized spacial score (nSPS) is 14.5. The van der Waals surface area contributed by atoms with Crippen LogP contribution in [0.4, 0.5) is 10.7 Å². The zero-order valence-electron chi connectivity index (χ0n) is 17.1. The summed E-state index contributed by atoms with van der Waals surface area (Å²) >= 11 is 1.42. The van der Waals surface area contributed by atoms with Gasteiger partial charge in [0.2, 0.25) is 5.91 Å². The molecule has 1 aliphatic rings. The van der Waals surface area contributed by atoms with Crippen LogP contribution in [0.15, 0.2) is 30.3 Å². The molecule has 0 aliphatic carbocycles. The molecule has 3 rings (SSSR count). The topological polar surface area (TPSA) is 71.1 Å². The molecule has 1 saturated heterocycles. The maximum absolute atomic E-state index is 12.6. The maximum Gasteiger partial charge on any atom is 0.340 e. The molecule has 1 fully saturated rings. The first-order valence-electron chi connectivity index (χ1n) is 9.66. The highest BCUT2D eigenvalue weighted by Gasteiger charge is 2.23. The number of piperazine rings is 1. The number of anilines is 2. The van der Waals surface area contributed by atoms with E-state index in [1.165, 1.54) is 18.4 Å². The molecule has 1 N–H and O–H groups in total. The fraction of sp³-hybridized carbons (Fsp3) is 0.429. The van der Waals surface area contributed by atoms with Gasteiger partial charge >= 0.3 is 5.97 Å². The Labute approximate surface area is 175 Å². The largest absolute Gasteiger partial charge is 0.495 e. The number of para-hydroxylation sites is 2. The lowest BCUT2D eigenvalue weighted by atomic mass is 10.2. The van der Waals surface area contributed by atoms with E-state index in [4.69, 9.17) is 9.47 Å². The number of carbonyl (C=O) groups is 2. The van der Waals surface area contributed by atoms with Crippen LogP contribution in [0.3, 0.4) is 0 Å². The smallest absolute Gasteiger partial charge is 0.340 e. The number of carbonyl (C=O) groups excluding carboxylic acids is 2. The lowest BCUT2D eigenvalue weighted by Gasteiger charge is -2.36. The van der Waals surface area contributed by atoms with Gasteiger partial charge < -0.3 is 19.7 Å². The SMILES string of the molecule is CCc1cc(C(=O)OC)c(NC(=O)CN2CCN(c3ccccc3OC)CC2)s1. The molecule has 2 aromatic rings. The van der Waals surface area contributed by atoms with Crippen LogP contribution in [0, 0.1) is 0 Å². The van der Waals surface area contributed by atoms with Crippen LogP contribution in [-0.4, -0.2) is 63.7 Å². The van der Waals surface area contributed by atoms with Gasteiger partial charge in [0.15, 0.2) is 0 Å². The van der Waals surface area contributed by atoms with Gasteiger partial charge in [0.05, 0.1) is 32.0 Å². The third kappa shape index (κ3) is 5.07. The zero-order chi connectivity index (χ0) is 20.8. The number of hydrogen-bond acceptors (Lipinski definition) is 7. The Morgan fingerprint density at radius 3 is 2.52 bits per heavy atom. The second kappa shape index (κ2) is 9.76. The molecule has 0 saturated carbocycles. The van der Waals surface area contributed by atoms with Crippen molar-refractivity contribution in [3.63, 3.8) is 0 Å². The van der Waals surface area contributed by atoms with Crippen LogP contribution in [0.1, 0.15) is 22.2 Å². The quantitative estimate of drug-likeness (QED) is 0.699. The minimum Gasteiger partial charge on any atom is -0.495 e. The van der Waals surface area contributed by atoms with Crippen LogP contribution in [0.25, 0.3) is 0 Å². The van der Waals surface area contributed by atoms with Gasteiger partial charge in [-0.1, -0.05) is 19.1 Å². The van der Waals surface area contributed by atoms with Gasteiger partial charge in [0.1, 0.15) is 10.8 Å². The van der Waals surface area contributed by atoms with E-state index in [0.717, 1.165) is 48.9 Å². The van der Waals surface area contributed by atoms with Gasteiger partial charge in [-0.15, -0.1) is 11.3 Å². The molecule has 1 amide bonds. The minimum atomic E-state index is -0.429. The number of esters is 1. The van der Waals surface area contributed by atoms with Crippen LogP contribution in [0.5, 0.6) is 5.75 Å². The van der Waals surface area contributed by atoms with E-state index in [1.54, 1.807) is 13.2 Å². The monoisotopic (exact) mass is 417 g/mol. The molecule has 1 aromatic carbocycles. The molecule has 0 spiro atoms. The average molecular weight is 418 g/mol. The number of benzene rings is 1. The van der Waals surface area contributed by atoms with E-state index in [2.05, 4.69) is 21.2 Å². The summed E-state index contributed by atoms with van der Waals surface area (Å²) in [4.78, 5) is 30.0. The first-order valence-corrected chi connectivity index (χ1v) is 10.5. The third-order valence-electron chi connectivity index (χ3n) is 4.96. The number of aryl methyl sites for hydroxylation is 1. The summed E-state index contributed by atoms with van der Waals surface area (Å²) in [7, 11) is 3.02. The molecule has 0 bridgehead atoms. The Morgan fingerprint density at radius 2 is 1.86 bits per heavy atom. The van der Waals surface area contributed by atoms with Gasteiger partial charge in [-0.05, 0) is 24.6 Å². The van der Waals surface area contributed by atoms with Gasteiger partial charge in [0, 0.05) is 31.1 Å². The van der Waals surface area contributed by atoms with Gasteiger partial charge in [-0.25, -0.2) is 4.79 Å². The number of nitrogens with one attached hydrogen (secondary N) is 1. The molecule has 8 heteroatoms. The second-order valence-electron chi connectivity index (χ2n) is 6.78. The summed E-state index contributed by atoms with van der Waals surface area (Å²) in [5.41, 5.74) is 1.50. The highest BCUT2D eigenvalue weighted by molar-refractivity contribution is 7.16. The molecule has 0 radical (unpaired) electrons. The van der Waals surface area contributed by atoms with E-state index in [9.17, 15) is 9.59 Å².